The number of rotatable bonds is 4. The number of hydrogen-bond acceptors (Lipinski definition) is 1. The molecule has 0 fully saturated rings. The third-order valence-corrected chi connectivity index (χ3v) is 4.10. The van der Waals surface area contributed by atoms with E-state index in [0.717, 1.165) is 12.1 Å². The monoisotopic (exact) mass is 405 g/mol. The highest BCUT2D eigenvalue weighted by molar-refractivity contribution is 14.1. The van der Waals surface area contributed by atoms with Gasteiger partial charge in [0.25, 0.3) is 0 Å². The summed E-state index contributed by atoms with van der Waals surface area (Å²) in [6.45, 7) is 2.96. The van der Waals surface area contributed by atoms with Crippen molar-refractivity contribution in [3.8, 4) is 0 Å². The Morgan fingerprint density at radius 1 is 1.16 bits per heavy atom. The second-order valence-electron chi connectivity index (χ2n) is 4.21. The predicted molar refractivity (Wildman–Crippen MR) is 91.1 cm³/mol. The summed E-state index contributed by atoms with van der Waals surface area (Å²) in [5.41, 5.74) is 2.26. The quantitative estimate of drug-likeness (QED) is 0.680. The van der Waals surface area contributed by atoms with Crippen LogP contribution in [0.3, 0.4) is 0 Å². The van der Waals surface area contributed by atoms with Gasteiger partial charge in [0.1, 0.15) is 0 Å². The van der Waals surface area contributed by atoms with E-state index >= 15 is 0 Å². The molecule has 0 aliphatic heterocycles. The summed E-state index contributed by atoms with van der Waals surface area (Å²) in [7, 11) is 0. The van der Waals surface area contributed by atoms with Gasteiger partial charge in [-0.05, 0) is 64.5 Å². The first-order valence-corrected chi connectivity index (χ1v) is 7.89. The lowest BCUT2D eigenvalue weighted by atomic mass is 9.98. The largest absolute Gasteiger partial charge is 0.306 e. The van der Waals surface area contributed by atoms with Gasteiger partial charge < -0.3 is 5.32 Å². The zero-order valence-corrected chi connectivity index (χ0v) is 14.1. The highest BCUT2D eigenvalue weighted by Gasteiger charge is 2.16. The normalized spacial score (nSPS) is 12.4. The highest BCUT2D eigenvalue weighted by Crippen LogP contribution is 2.31. The number of nitrogens with one attached hydrogen (secondary N) is 1. The third-order valence-electron chi connectivity index (χ3n) is 2.86. The Bertz CT molecular complexity index is 572. The molecule has 1 nitrogen and oxygen atoms in total. The molecule has 19 heavy (non-hydrogen) atoms. The molecule has 0 saturated carbocycles. The Morgan fingerprint density at radius 2 is 1.95 bits per heavy atom. The lowest BCUT2D eigenvalue weighted by Gasteiger charge is -2.20. The van der Waals surface area contributed by atoms with Crippen LogP contribution in [0.4, 0.5) is 0 Å². The molecule has 0 heterocycles. The lowest BCUT2D eigenvalue weighted by Crippen LogP contribution is -2.22. The molecule has 1 N–H and O–H groups in total. The second kappa shape index (κ2) is 6.93. The molecule has 0 aliphatic rings. The highest BCUT2D eigenvalue weighted by atomic mass is 127. The molecule has 2 rings (SSSR count). The summed E-state index contributed by atoms with van der Waals surface area (Å²) in [5.74, 6) is 0. The minimum atomic E-state index is 0.0875. The van der Waals surface area contributed by atoms with E-state index in [2.05, 4.69) is 59.1 Å². The molecular formula is C15H14Cl2IN. The van der Waals surface area contributed by atoms with Crippen LogP contribution in [0.2, 0.25) is 10.0 Å². The molecule has 0 amide bonds. The van der Waals surface area contributed by atoms with Crippen molar-refractivity contribution in [1.82, 2.24) is 5.32 Å². The van der Waals surface area contributed by atoms with Gasteiger partial charge in [-0.1, -0.05) is 48.3 Å². The Balaban J connectivity index is 2.45. The first kappa shape index (κ1) is 15.1. The molecular weight excluding hydrogens is 392 g/mol. The van der Waals surface area contributed by atoms with Crippen molar-refractivity contribution in [2.45, 2.75) is 13.0 Å². The van der Waals surface area contributed by atoms with Crippen LogP contribution in [0.5, 0.6) is 0 Å². The standard InChI is InChI=1S/C15H14Cl2IN/c1-2-19-15(10-4-3-5-12(18)8-10)13-7-6-11(16)9-14(13)17/h3-9,15,19H,2H2,1H3. The number of halogens is 3. The summed E-state index contributed by atoms with van der Waals surface area (Å²) in [6, 6.07) is 14.2. The molecule has 2 aromatic carbocycles. The van der Waals surface area contributed by atoms with E-state index in [9.17, 15) is 0 Å². The van der Waals surface area contributed by atoms with Gasteiger partial charge in [0.2, 0.25) is 0 Å². The maximum absolute atomic E-state index is 6.32. The van der Waals surface area contributed by atoms with Gasteiger partial charge in [0, 0.05) is 13.6 Å². The minimum absolute atomic E-state index is 0.0875. The molecule has 100 valence electrons. The maximum atomic E-state index is 6.32. The van der Waals surface area contributed by atoms with Gasteiger partial charge in [0.15, 0.2) is 0 Å². The van der Waals surface area contributed by atoms with Crippen molar-refractivity contribution in [3.63, 3.8) is 0 Å². The van der Waals surface area contributed by atoms with Crippen LogP contribution in [0.1, 0.15) is 24.1 Å². The van der Waals surface area contributed by atoms with Crippen molar-refractivity contribution in [3.05, 3.63) is 67.2 Å². The van der Waals surface area contributed by atoms with E-state index in [0.29, 0.717) is 10.0 Å². The van der Waals surface area contributed by atoms with Gasteiger partial charge >= 0.3 is 0 Å². The topological polar surface area (TPSA) is 12.0 Å². The smallest absolute Gasteiger partial charge is 0.0591 e. The molecule has 1 unspecified atom stereocenters. The fraction of sp³-hybridized carbons (Fsp3) is 0.200. The van der Waals surface area contributed by atoms with Crippen molar-refractivity contribution >= 4 is 45.8 Å². The molecule has 0 radical (unpaired) electrons. The lowest BCUT2D eigenvalue weighted by molar-refractivity contribution is 0.630. The van der Waals surface area contributed by atoms with Gasteiger partial charge in [-0.15, -0.1) is 0 Å². The average Bonchev–Trinajstić information content (AvgIpc) is 2.37. The van der Waals surface area contributed by atoms with E-state index in [1.54, 1.807) is 6.07 Å². The van der Waals surface area contributed by atoms with E-state index in [4.69, 9.17) is 23.2 Å². The molecule has 1 atom stereocenters. The SMILES string of the molecule is CCNC(c1cccc(I)c1)c1ccc(Cl)cc1Cl. The van der Waals surface area contributed by atoms with Crippen molar-refractivity contribution in [2.75, 3.05) is 6.54 Å². The van der Waals surface area contributed by atoms with E-state index in [1.165, 1.54) is 9.13 Å². The fourth-order valence-electron chi connectivity index (χ4n) is 2.03. The summed E-state index contributed by atoms with van der Waals surface area (Å²) < 4.78 is 1.21. The summed E-state index contributed by atoms with van der Waals surface area (Å²) in [4.78, 5) is 0. The van der Waals surface area contributed by atoms with Crippen LogP contribution in [-0.4, -0.2) is 6.54 Å². The number of hydrogen-bond donors (Lipinski definition) is 1. The van der Waals surface area contributed by atoms with Crippen LogP contribution < -0.4 is 5.32 Å². The van der Waals surface area contributed by atoms with Crippen LogP contribution >= 0.6 is 45.8 Å². The van der Waals surface area contributed by atoms with Crippen molar-refractivity contribution in [1.29, 1.82) is 0 Å². The van der Waals surface area contributed by atoms with Crippen molar-refractivity contribution < 1.29 is 0 Å². The summed E-state index contributed by atoms with van der Waals surface area (Å²) in [6.07, 6.45) is 0. The molecule has 2 aromatic rings. The van der Waals surface area contributed by atoms with Gasteiger partial charge in [0.05, 0.1) is 6.04 Å². The average molecular weight is 406 g/mol. The van der Waals surface area contributed by atoms with E-state index in [-0.39, 0.29) is 6.04 Å². The van der Waals surface area contributed by atoms with Gasteiger partial charge in [-0.25, -0.2) is 0 Å². The third kappa shape index (κ3) is 3.85. The first-order chi connectivity index (χ1) is 9.11. The van der Waals surface area contributed by atoms with Crippen LogP contribution in [-0.2, 0) is 0 Å². The maximum Gasteiger partial charge on any atom is 0.0591 e. The zero-order valence-electron chi connectivity index (χ0n) is 10.5. The van der Waals surface area contributed by atoms with Gasteiger partial charge in [-0.3, -0.25) is 0 Å². The Labute approximate surface area is 137 Å². The molecule has 4 heteroatoms. The van der Waals surface area contributed by atoms with Crippen LogP contribution in [0, 0.1) is 3.57 Å². The number of benzene rings is 2. The molecule has 0 saturated heterocycles. The Kier molecular flexibility index (Phi) is 5.51. The molecule has 0 spiro atoms. The van der Waals surface area contributed by atoms with E-state index < -0.39 is 0 Å². The first-order valence-electron chi connectivity index (χ1n) is 6.05. The fourth-order valence-corrected chi connectivity index (χ4v) is 3.12. The minimum Gasteiger partial charge on any atom is -0.306 e. The zero-order chi connectivity index (χ0) is 13.8. The van der Waals surface area contributed by atoms with Crippen molar-refractivity contribution in [2.24, 2.45) is 0 Å². The summed E-state index contributed by atoms with van der Waals surface area (Å²) >= 11 is 14.6. The Morgan fingerprint density at radius 3 is 2.58 bits per heavy atom. The molecule has 0 bridgehead atoms. The summed E-state index contributed by atoms with van der Waals surface area (Å²) in [5, 5.41) is 4.82. The van der Waals surface area contributed by atoms with Crippen LogP contribution in [0.15, 0.2) is 42.5 Å². The molecule has 0 aromatic heterocycles. The second-order valence-corrected chi connectivity index (χ2v) is 6.30. The predicted octanol–water partition coefficient (Wildman–Crippen LogP) is 5.30. The van der Waals surface area contributed by atoms with E-state index in [1.807, 2.05) is 12.1 Å². The molecule has 0 aliphatic carbocycles. The Hall–Kier alpha value is -0.290. The van der Waals surface area contributed by atoms with Gasteiger partial charge in [-0.2, -0.15) is 0 Å². The van der Waals surface area contributed by atoms with Crippen LogP contribution in [0.25, 0.3) is 0 Å².